The molecule has 2 aromatic heterocycles. The molecule has 1 aliphatic carbocycles. The van der Waals surface area contributed by atoms with Crippen molar-refractivity contribution in [2.45, 2.75) is 32.6 Å². The fourth-order valence-electron chi connectivity index (χ4n) is 2.81. The van der Waals surface area contributed by atoms with Gasteiger partial charge >= 0.3 is 0 Å². The van der Waals surface area contributed by atoms with E-state index in [0.717, 1.165) is 35.2 Å². The molecule has 0 saturated heterocycles. The second kappa shape index (κ2) is 5.01. The van der Waals surface area contributed by atoms with Crippen LogP contribution in [0.5, 0.6) is 0 Å². The summed E-state index contributed by atoms with van der Waals surface area (Å²) in [5.74, 6) is 2.67. The first-order valence-electron chi connectivity index (χ1n) is 6.89. The normalized spacial score (nSPS) is 24.3. The molecule has 1 saturated carbocycles. The fraction of sp³-hybridized carbons (Fsp3) is 0.533. The SMILES string of the molecule is CC1CCC(CNc2nccc3occc23)CC1. The Balaban J connectivity index is 1.64. The zero-order valence-electron chi connectivity index (χ0n) is 10.9. The maximum Gasteiger partial charge on any atom is 0.139 e. The number of anilines is 1. The van der Waals surface area contributed by atoms with E-state index in [9.17, 15) is 0 Å². The number of pyridine rings is 1. The van der Waals surface area contributed by atoms with Gasteiger partial charge in [0.25, 0.3) is 0 Å². The summed E-state index contributed by atoms with van der Waals surface area (Å²) in [7, 11) is 0. The zero-order chi connectivity index (χ0) is 12.4. The predicted octanol–water partition coefficient (Wildman–Crippen LogP) is 4.07. The number of nitrogens with one attached hydrogen (secondary N) is 1. The lowest BCUT2D eigenvalue weighted by Crippen LogP contribution is -2.20. The van der Waals surface area contributed by atoms with Crippen molar-refractivity contribution in [3.63, 3.8) is 0 Å². The van der Waals surface area contributed by atoms with E-state index in [1.54, 1.807) is 12.5 Å². The van der Waals surface area contributed by atoms with E-state index in [1.165, 1.54) is 25.7 Å². The Morgan fingerprint density at radius 2 is 2.11 bits per heavy atom. The standard InChI is InChI=1S/C15H20N2O/c1-11-2-4-12(5-3-11)10-17-15-13-7-9-18-14(13)6-8-16-15/h6-9,11-12H,2-5,10H2,1H3,(H,16,17). The third kappa shape index (κ3) is 2.35. The number of furan rings is 1. The topological polar surface area (TPSA) is 38.1 Å². The molecular formula is C15H20N2O. The van der Waals surface area contributed by atoms with Crippen molar-refractivity contribution in [3.8, 4) is 0 Å². The maximum atomic E-state index is 5.38. The van der Waals surface area contributed by atoms with Crippen LogP contribution < -0.4 is 5.32 Å². The first kappa shape index (κ1) is 11.6. The number of aromatic nitrogens is 1. The quantitative estimate of drug-likeness (QED) is 0.884. The highest BCUT2D eigenvalue weighted by molar-refractivity contribution is 5.87. The molecule has 0 spiro atoms. The molecule has 0 radical (unpaired) electrons. The minimum absolute atomic E-state index is 0.796. The van der Waals surface area contributed by atoms with Crippen molar-refractivity contribution in [2.24, 2.45) is 11.8 Å². The number of rotatable bonds is 3. The van der Waals surface area contributed by atoms with E-state index >= 15 is 0 Å². The number of nitrogens with zero attached hydrogens (tertiary/aromatic N) is 1. The summed E-state index contributed by atoms with van der Waals surface area (Å²) in [6.45, 7) is 3.39. The smallest absolute Gasteiger partial charge is 0.139 e. The van der Waals surface area contributed by atoms with Crippen molar-refractivity contribution in [1.82, 2.24) is 4.98 Å². The summed E-state index contributed by atoms with van der Waals surface area (Å²) in [5.41, 5.74) is 0.907. The predicted molar refractivity (Wildman–Crippen MR) is 73.6 cm³/mol. The number of hydrogen-bond acceptors (Lipinski definition) is 3. The summed E-state index contributed by atoms with van der Waals surface area (Å²) in [5, 5.41) is 4.57. The van der Waals surface area contributed by atoms with E-state index in [-0.39, 0.29) is 0 Å². The third-order valence-corrected chi connectivity index (χ3v) is 4.07. The molecule has 0 aliphatic heterocycles. The Kier molecular flexibility index (Phi) is 3.22. The van der Waals surface area contributed by atoms with E-state index in [0.29, 0.717) is 0 Å². The van der Waals surface area contributed by atoms with Gasteiger partial charge in [-0.2, -0.15) is 0 Å². The monoisotopic (exact) mass is 244 g/mol. The molecule has 3 rings (SSSR count). The lowest BCUT2D eigenvalue weighted by atomic mass is 9.83. The molecule has 1 fully saturated rings. The largest absolute Gasteiger partial charge is 0.464 e. The van der Waals surface area contributed by atoms with Gasteiger partial charge in [-0.25, -0.2) is 4.98 Å². The molecule has 0 atom stereocenters. The van der Waals surface area contributed by atoms with Crippen molar-refractivity contribution >= 4 is 16.8 Å². The van der Waals surface area contributed by atoms with Gasteiger partial charge in [0, 0.05) is 12.7 Å². The van der Waals surface area contributed by atoms with Gasteiger partial charge < -0.3 is 9.73 Å². The molecule has 96 valence electrons. The highest BCUT2D eigenvalue weighted by Gasteiger charge is 2.18. The van der Waals surface area contributed by atoms with Crippen LogP contribution in [0.2, 0.25) is 0 Å². The fourth-order valence-corrected chi connectivity index (χ4v) is 2.81. The maximum absolute atomic E-state index is 5.38. The van der Waals surface area contributed by atoms with Crippen molar-refractivity contribution in [3.05, 3.63) is 24.6 Å². The highest BCUT2D eigenvalue weighted by Crippen LogP contribution is 2.29. The van der Waals surface area contributed by atoms with Crippen LogP contribution in [0.25, 0.3) is 11.0 Å². The number of hydrogen-bond donors (Lipinski definition) is 1. The second-order valence-corrected chi connectivity index (χ2v) is 5.50. The van der Waals surface area contributed by atoms with Gasteiger partial charge in [-0.05, 0) is 36.8 Å². The third-order valence-electron chi connectivity index (χ3n) is 4.07. The summed E-state index contributed by atoms with van der Waals surface area (Å²) < 4.78 is 5.38. The summed E-state index contributed by atoms with van der Waals surface area (Å²) in [6.07, 6.45) is 8.95. The van der Waals surface area contributed by atoms with Gasteiger partial charge in [0.2, 0.25) is 0 Å². The Morgan fingerprint density at radius 1 is 1.28 bits per heavy atom. The number of fused-ring (bicyclic) bond motifs is 1. The van der Waals surface area contributed by atoms with Crippen LogP contribution in [0.1, 0.15) is 32.6 Å². The van der Waals surface area contributed by atoms with Crippen LogP contribution in [-0.2, 0) is 0 Å². The van der Waals surface area contributed by atoms with Crippen LogP contribution >= 0.6 is 0 Å². The Hall–Kier alpha value is -1.51. The van der Waals surface area contributed by atoms with E-state index in [2.05, 4.69) is 17.2 Å². The molecule has 2 aromatic rings. The molecule has 3 nitrogen and oxygen atoms in total. The molecule has 0 bridgehead atoms. The lowest BCUT2D eigenvalue weighted by Gasteiger charge is -2.26. The van der Waals surface area contributed by atoms with Crippen LogP contribution in [0.3, 0.4) is 0 Å². The molecule has 0 unspecified atom stereocenters. The first-order valence-corrected chi connectivity index (χ1v) is 6.89. The van der Waals surface area contributed by atoms with Crippen molar-refractivity contribution < 1.29 is 4.42 Å². The molecule has 1 aliphatic rings. The zero-order valence-corrected chi connectivity index (χ0v) is 10.9. The van der Waals surface area contributed by atoms with Gasteiger partial charge in [0.15, 0.2) is 0 Å². The van der Waals surface area contributed by atoms with Crippen LogP contribution in [0.15, 0.2) is 29.0 Å². The molecular weight excluding hydrogens is 224 g/mol. The van der Waals surface area contributed by atoms with Crippen LogP contribution in [0, 0.1) is 11.8 Å². The Morgan fingerprint density at radius 3 is 2.94 bits per heavy atom. The molecule has 2 heterocycles. The minimum Gasteiger partial charge on any atom is -0.464 e. The van der Waals surface area contributed by atoms with Crippen molar-refractivity contribution in [1.29, 1.82) is 0 Å². The van der Waals surface area contributed by atoms with E-state index in [4.69, 9.17) is 4.42 Å². The van der Waals surface area contributed by atoms with Crippen LogP contribution in [-0.4, -0.2) is 11.5 Å². The lowest BCUT2D eigenvalue weighted by molar-refractivity contribution is 0.300. The molecule has 3 heteroatoms. The molecule has 0 aromatic carbocycles. The summed E-state index contributed by atoms with van der Waals surface area (Å²) >= 11 is 0. The molecule has 1 N–H and O–H groups in total. The van der Waals surface area contributed by atoms with Crippen molar-refractivity contribution in [2.75, 3.05) is 11.9 Å². The second-order valence-electron chi connectivity index (χ2n) is 5.50. The minimum atomic E-state index is 0.796. The van der Waals surface area contributed by atoms with Gasteiger partial charge in [0.05, 0.1) is 11.6 Å². The van der Waals surface area contributed by atoms with Gasteiger partial charge in [-0.3, -0.25) is 0 Å². The van der Waals surface area contributed by atoms with Gasteiger partial charge in [-0.1, -0.05) is 19.8 Å². The Labute approximate surface area is 108 Å². The van der Waals surface area contributed by atoms with Crippen LogP contribution in [0.4, 0.5) is 5.82 Å². The average molecular weight is 244 g/mol. The highest BCUT2D eigenvalue weighted by atomic mass is 16.3. The summed E-state index contributed by atoms with van der Waals surface area (Å²) in [4.78, 5) is 4.41. The molecule has 0 amide bonds. The molecule has 18 heavy (non-hydrogen) atoms. The van der Waals surface area contributed by atoms with Gasteiger partial charge in [-0.15, -0.1) is 0 Å². The van der Waals surface area contributed by atoms with E-state index < -0.39 is 0 Å². The average Bonchev–Trinajstić information content (AvgIpc) is 2.87. The first-order chi connectivity index (χ1) is 8.83. The summed E-state index contributed by atoms with van der Waals surface area (Å²) in [6, 6.07) is 3.89. The Bertz CT molecular complexity index is 512. The van der Waals surface area contributed by atoms with E-state index in [1.807, 2.05) is 12.1 Å². The van der Waals surface area contributed by atoms with Gasteiger partial charge in [0.1, 0.15) is 11.4 Å².